The van der Waals surface area contributed by atoms with Crippen molar-refractivity contribution in [3.8, 4) is 11.1 Å². The van der Waals surface area contributed by atoms with Crippen LogP contribution in [0.2, 0.25) is 0 Å². The summed E-state index contributed by atoms with van der Waals surface area (Å²) in [6, 6.07) is 0. The molecule has 0 heterocycles. The molecule has 0 aromatic heterocycles. The van der Waals surface area contributed by atoms with E-state index in [1.165, 1.54) is 0 Å². The Kier molecular flexibility index (Phi) is 8.32. The van der Waals surface area contributed by atoms with Gasteiger partial charge in [0.1, 0.15) is 0 Å². The van der Waals surface area contributed by atoms with Gasteiger partial charge in [-0.1, -0.05) is 0 Å². The van der Waals surface area contributed by atoms with Crippen molar-refractivity contribution in [1.29, 1.82) is 0 Å². The predicted molar refractivity (Wildman–Crippen MR) is 129 cm³/mol. The minimum atomic E-state index is 0.923. The molecule has 0 aliphatic rings. The Labute approximate surface area is 211 Å². The fourth-order valence-electron chi connectivity index (χ4n) is 1.65. The van der Waals surface area contributed by atoms with E-state index in [0.717, 1.165) is 55.9 Å². The van der Waals surface area contributed by atoms with Crippen LogP contribution in [0.15, 0.2) is 44.7 Å². The number of rotatable bonds is 1. The highest BCUT2D eigenvalue weighted by Gasteiger charge is 2.25. The molecule has 0 saturated carbocycles. The maximum atomic E-state index is 3.68. The standard InChI is InChI=1S/C12Br10/c13-3-1(4(14)8(18)11(21)7(3)17)2-5(15)9(19)12(22)10(20)6(2)16. The Balaban J connectivity index is 3.03. The van der Waals surface area contributed by atoms with Crippen LogP contribution in [0.3, 0.4) is 0 Å². The van der Waals surface area contributed by atoms with E-state index in [2.05, 4.69) is 159 Å². The molecule has 0 spiro atoms. The zero-order valence-electron chi connectivity index (χ0n) is 9.78. The van der Waals surface area contributed by atoms with Gasteiger partial charge >= 0.3 is 0 Å². The Morgan fingerprint density at radius 1 is 0.227 bits per heavy atom. The first-order valence-electron chi connectivity index (χ1n) is 5.14. The van der Waals surface area contributed by atoms with Gasteiger partial charge in [0.2, 0.25) is 0 Å². The van der Waals surface area contributed by atoms with Crippen molar-refractivity contribution < 1.29 is 0 Å². The van der Waals surface area contributed by atoms with E-state index in [9.17, 15) is 0 Å². The molecular weight excluding hydrogens is 943 g/mol. The van der Waals surface area contributed by atoms with Crippen LogP contribution in [-0.4, -0.2) is 0 Å². The molecule has 0 N–H and O–H groups in total. The van der Waals surface area contributed by atoms with Gasteiger partial charge in [-0.2, -0.15) is 0 Å². The molecule has 0 radical (unpaired) electrons. The Bertz CT molecular complexity index is 670. The van der Waals surface area contributed by atoms with E-state index in [4.69, 9.17) is 0 Å². The molecule has 0 amide bonds. The first-order valence-corrected chi connectivity index (χ1v) is 13.1. The molecule has 0 saturated heterocycles. The lowest BCUT2D eigenvalue weighted by atomic mass is 10.1. The molecule has 0 unspecified atom stereocenters. The molecule has 0 aliphatic carbocycles. The van der Waals surface area contributed by atoms with Gasteiger partial charge < -0.3 is 0 Å². The average Bonchev–Trinajstić information content (AvgIpc) is 2.50. The molecular formula is C12Br10. The molecule has 2 aromatic rings. The molecule has 0 bridgehead atoms. The number of hydrogen-bond donors (Lipinski definition) is 0. The van der Waals surface area contributed by atoms with Crippen molar-refractivity contribution >= 4 is 159 Å². The fourth-order valence-corrected chi connectivity index (χ4v) is 8.54. The molecule has 118 valence electrons. The average molecular weight is 943 g/mol. The predicted octanol–water partition coefficient (Wildman–Crippen LogP) is 11.0. The molecule has 10 heteroatoms. The van der Waals surface area contributed by atoms with Crippen molar-refractivity contribution in [2.45, 2.75) is 0 Å². The summed E-state index contributed by atoms with van der Waals surface area (Å²) in [5.74, 6) is 0. The molecule has 0 nitrogen and oxygen atoms in total. The van der Waals surface area contributed by atoms with E-state index in [0.29, 0.717) is 0 Å². The summed E-state index contributed by atoms with van der Waals surface area (Å²) in [6.07, 6.45) is 0. The molecule has 0 fully saturated rings. The maximum Gasteiger partial charge on any atom is 0.0482 e. The summed E-state index contributed by atoms with van der Waals surface area (Å²) < 4.78 is 9.26. The van der Waals surface area contributed by atoms with E-state index in [1.807, 2.05) is 0 Å². The largest absolute Gasteiger partial charge is 0.0488 e. The van der Waals surface area contributed by atoms with Gasteiger partial charge in [0.25, 0.3) is 0 Å². The van der Waals surface area contributed by atoms with Gasteiger partial charge in [-0.3, -0.25) is 0 Å². The highest BCUT2D eigenvalue weighted by Crippen LogP contribution is 2.55. The summed E-state index contributed by atoms with van der Waals surface area (Å²) in [5, 5.41) is 0. The van der Waals surface area contributed by atoms with E-state index < -0.39 is 0 Å². The quantitative estimate of drug-likeness (QED) is 0.197. The third-order valence-corrected chi connectivity index (χ3v) is 14.9. The van der Waals surface area contributed by atoms with Crippen LogP contribution in [0.5, 0.6) is 0 Å². The monoisotopic (exact) mass is 933 g/mol. The van der Waals surface area contributed by atoms with Crippen LogP contribution < -0.4 is 0 Å². The lowest BCUT2D eigenvalue weighted by Gasteiger charge is -2.19. The summed E-state index contributed by atoms with van der Waals surface area (Å²) in [5.41, 5.74) is 1.99. The summed E-state index contributed by atoms with van der Waals surface area (Å²) >= 11 is 36.3. The number of benzene rings is 2. The van der Waals surface area contributed by atoms with Gasteiger partial charge in [-0.25, -0.2) is 0 Å². The lowest BCUT2D eigenvalue weighted by molar-refractivity contribution is 1.39. The second-order valence-corrected chi connectivity index (χ2v) is 11.8. The topological polar surface area (TPSA) is 0 Å². The molecule has 22 heavy (non-hydrogen) atoms. The van der Waals surface area contributed by atoms with Gasteiger partial charge in [-0.15, -0.1) is 0 Å². The van der Waals surface area contributed by atoms with Crippen molar-refractivity contribution in [1.82, 2.24) is 0 Å². The Morgan fingerprint density at radius 2 is 0.364 bits per heavy atom. The summed E-state index contributed by atoms with van der Waals surface area (Å²) in [6.45, 7) is 0. The van der Waals surface area contributed by atoms with Gasteiger partial charge in [0.05, 0.1) is 0 Å². The zero-order chi connectivity index (χ0) is 16.9. The first kappa shape index (κ1) is 21.5. The van der Waals surface area contributed by atoms with Crippen LogP contribution >= 0.6 is 159 Å². The van der Waals surface area contributed by atoms with Crippen LogP contribution in [0, 0.1) is 0 Å². The SMILES string of the molecule is Brc1c(Br)c(Br)c(-c2c(Br)c(Br)c(Br)c(Br)c2Br)c(Br)c1Br. The second-order valence-electron chi connectivity index (χ2n) is 3.89. The van der Waals surface area contributed by atoms with E-state index in [-0.39, 0.29) is 0 Å². The van der Waals surface area contributed by atoms with Crippen molar-refractivity contribution in [3.63, 3.8) is 0 Å². The van der Waals surface area contributed by atoms with Gasteiger partial charge in [0.15, 0.2) is 0 Å². The van der Waals surface area contributed by atoms with Crippen molar-refractivity contribution in [3.05, 3.63) is 44.7 Å². The van der Waals surface area contributed by atoms with Crippen molar-refractivity contribution in [2.75, 3.05) is 0 Å². The Morgan fingerprint density at radius 3 is 0.545 bits per heavy atom. The highest BCUT2D eigenvalue weighted by atomic mass is 79.9. The normalized spacial score (nSPS) is 11.2. The molecule has 2 rings (SSSR count). The minimum absolute atomic E-state index is 0.923. The van der Waals surface area contributed by atoms with Crippen LogP contribution in [0.1, 0.15) is 0 Å². The molecule has 0 atom stereocenters. The first-order chi connectivity index (χ1) is 10.1. The third-order valence-electron chi connectivity index (χ3n) is 2.67. The van der Waals surface area contributed by atoms with Crippen LogP contribution in [0.4, 0.5) is 0 Å². The van der Waals surface area contributed by atoms with Gasteiger partial charge in [-0.05, 0) is 159 Å². The highest BCUT2D eigenvalue weighted by molar-refractivity contribution is 9.16. The molecule has 0 aliphatic heterocycles. The van der Waals surface area contributed by atoms with Gasteiger partial charge in [0, 0.05) is 55.9 Å². The maximum absolute atomic E-state index is 3.68. The second kappa shape index (κ2) is 8.50. The number of halogens is 10. The van der Waals surface area contributed by atoms with Crippen LogP contribution in [-0.2, 0) is 0 Å². The minimum Gasteiger partial charge on any atom is -0.0488 e. The summed E-state index contributed by atoms with van der Waals surface area (Å²) in [4.78, 5) is 0. The molecule has 2 aromatic carbocycles. The Hall–Kier alpha value is 3.24. The zero-order valence-corrected chi connectivity index (χ0v) is 25.6. The third kappa shape index (κ3) is 3.77. The van der Waals surface area contributed by atoms with E-state index >= 15 is 0 Å². The van der Waals surface area contributed by atoms with Crippen LogP contribution in [0.25, 0.3) is 11.1 Å². The fraction of sp³-hybridized carbons (Fsp3) is 0. The number of hydrogen-bond acceptors (Lipinski definition) is 0. The lowest BCUT2D eigenvalue weighted by Crippen LogP contribution is -1.93. The summed E-state index contributed by atoms with van der Waals surface area (Å²) in [7, 11) is 0. The van der Waals surface area contributed by atoms with Crippen molar-refractivity contribution in [2.24, 2.45) is 0 Å². The van der Waals surface area contributed by atoms with E-state index in [1.54, 1.807) is 0 Å². The smallest absolute Gasteiger partial charge is 0.0482 e.